The van der Waals surface area contributed by atoms with E-state index in [0.29, 0.717) is 0 Å². The van der Waals surface area contributed by atoms with Crippen LogP contribution in [0.3, 0.4) is 0 Å². The van der Waals surface area contributed by atoms with Crippen LogP contribution in [0.2, 0.25) is 0 Å². The Bertz CT molecular complexity index is 52.0. The Morgan fingerprint density at radius 1 is 1.00 bits per heavy atom. The molecule has 0 rings (SSSR count). The van der Waals surface area contributed by atoms with Gasteiger partial charge in [-0.25, -0.2) is 0 Å². The quantitative estimate of drug-likeness (QED) is 0.577. The van der Waals surface area contributed by atoms with Crippen molar-refractivity contribution < 1.29 is 10.2 Å². The number of aliphatic hydroxyl groups excluding tert-OH is 2. The lowest BCUT2D eigenvalue weighted by molar-refractivity contribution is 0.0483. The van der Waals surface area contributed by atoms with Gasteiger partial charge in [-0.15, -0.1) is 23.2 Å². The fraction of sp³-hybridized carbons (Fsp3) is 1.00. The standard InChI is InChI=1S/C4H8Cl2O2/c5-1-3(7)4(8)2-6/h3-4,7-8H,1-2H2/t3-,4?/m1/s1. The van der Waals surface area contributed by atoms with Crippen molar-refractivity contribution in [2.24, 2.45) is 0 Å². The van der Waals surface area contributed by atoms with Crippen molar-refractivity contribution in [3.63, 3.8) is 0 Å². The summed E-state index contributed by atoms with van der Waals surface area (Å²) in [7, 11) is 0. The van der Waals surface area contributed by atoms with Crippen LogP contribution in [0.15, 0.2) is 0 Å². The van der Waals surface area contributed by atoms with Crippen LogP contribution in [0.5, 0.6) is 0 Å². The fourth-order valence-electron chi connectivity index (χ4n) is 0.206. The third kappa shape index (κ3) is 2.72. The first kappa shape index (κ1) is 8.50. The normalized spacial score (nSPS) is 18.0. The van der Waals surface area contributed by atoms with Gasteiger partial charge in [0.05, 0.1) is 24.0 Å². The van der Waals surface area contributed by atoms with Crippen LogP contribution in [0.1, 0.15) is 0 Å². The Morgan fingerprint density at radius 2 is 1.25 bits per heavy atom. The molecular weight excluding hydrogens is 151 g/mol. The summed E-state index contributed by atoms with van der Waals surface area (Å²) < 4.78 is 0. The average Bonchev–Trinajstić information content (AvgIpc) is 1.84. The molecule has 0 aromatic carbocycles. The van der Waals surface area contributed by atoms with Gasteiger partial charge in [-0.3, -0.25) is 0 Å². The molecule has 8 heavy (non-hydrogen) atoms. The van der Waals surface area contributed by atoms with Crippen LogP contribution < -0.4 is 0 Å². The van der Waals surface area contributed by atoms with Gasteiger partial charge in [-0.05, 0) is 0 Å². The lowest BCUT2D eigenvalue weighted by atomic mass is 10.3. The molecule has 0 aliphatic rings. The summed E-state index contributed by atoms with van der Waals surface area (Å²) in [6.45, 7) is 0. The zero-order valence-corrected chi connectivity index (χ0v) is 5.73. The largest absolute Gasteiger partial charge is 0.389 e. The SMILES string of the molecule is OC(CCl)[C@H](O)CCl. The monoisotopic (exact) mass is 158 g/mol. The average molecular weight is 159 g/mol. The molecule has 0 aliphatic carbocycles. The van der Waals surface area contributed by atoms with Crippen molar-refractivity contribution in [3.05, 3.63) is 0 Å². The van der Waals surface area contributed by atoms with Gasteiger partial charge < -0.3 is 10.2 Å². The first-order chi connectivity index (χ1) is 3.72. The summed E-state index contributed by atoms with van der Waals surface area (Å²) in [6, 6.07) is 0. The van der Waals surface area contributed by atoms with Gasteiger partial charge in [0.2, 0.25) is 0 Å². The second-order valence-electron chi connectivity index (χ2n) is 1.44. The summed E-state index contributed by atoms with van der Waals surface area (Å²) in [5.41, 5.74) is 0. The highest BCUT2D eigenvalue weighted by Gasteiger charge is 2.12. The van der Waals surface area contributed by atoms with Crippen molar-refractivity contribution >= 4 is 23.2 Å². The maximum atomic E-state index is 8.66. The van der Waals surface area contributed by atoms with Crippen LogP contribution in [-0.4, -0.2) is 34.2 Å². The van der Waals surface area contributed by atoms with Gasteiger partial charge in [0.25, 0.3) is 0 Å². The minimum absolute atomic E-state index is 0.0217. The molecule has 0 aromatic heterocycles. The van der Waals surface area contributed by atoms with E-state index in [1.54, 1.807) is 0 Å². The lowest BCUT2D eigenvalue weighted by Crippen LogP contribution is -2.28. The molecule has 0 aliphatic heterocycles. The van der Waals surface area contributed by atoms with E-state index in [9.17, 15) is 0 Å². The Morgan fingerprint density at radius 3 is 1.38 bits per heavy atom. The van der Waals surface area contributed by atoms with Crippen LogP contribution in [0.4, 0.5) is 0 Å². The lowest BCUT2D eigenvalue weighted by Gasteiger charge is -2.10. The van der Waals surface area contributed by atoms with Crippen molar-refractivity contribution in [1.82, 2.24) is 0 Å². The summed E-state index contributed by atoms with van der Waals surface area (Å²) >= 11 is 10.3. The van der Waals surface area contributed by atoms with Crippen LogP contribution in [0.25, 0.3) is 0 Å². The number of hydrogen-bond donors (Lipinski definition) is 2. The summed E-state index contributed by atoms with van der Waals surface area (Å²) in [5.74, 6) is 0.0434. The first-order valence-corrected chi connectivity index (χ1v) is 3.27. The molecule has 0 bridgehead atoms. The summed E-state index contributed by atoms with van der Waals surface area (Å²) in [6.07, 6.45) is -1.79. The molecule has 0 fully saturated rings. The van der Waals surface area contributed by atoms with E-state index < -0.39 is 12.2 Å². The second kappa shape index (κ2) is 4.39. The van der Waals surface area contributed by atoms with Gasteiger partial charge in [0, 0.05) is 0 Å². The summed E-state index contributed by atoms with van der Waals surface area (Å²) in [5, 5.41) is 17.3. The van der Waals surface area contributed by atoms with Gasteiger partial charge in [-0.2, -0.15) is 0 Å². The first-order valence-electron chi connectivity index (χ1n) is 2.20. The molecule has 0 saturated heterocycles. The third-order valence-electron chi connectivity index (χ3n) is 0.760. The molecule has 0 heterocycles. The highest BCUT2D eigenvalue weighted by atomic mass is 35.5. The zero-order valence-electron chi connectivity index (χ0n) is 4.22. The van der Waals surface area contributed by atoms with Crippen LogP contribution in [0, 0.1) is 0 Å². The minimum atomic E-state index is -0.894. The molecule has 50 valence electrons. The van der Waals surface area contributed by atoms with Crippen LogP contribution in [-0.2, 0) is 0 Å². The van der Waals surface area contributed by atoms with Crippen molar-refractivity contribution in [2.75, 3.05) is 11.8 Å². The van der Waals surface area contributed by atoms with E-state index in [1.165, 1.54) is 0 Å². The summed E-state index contributed by atoms with van der Waals surface area (Å²) in [4.78, 5) is 0. The Kier molecular flexibility index (Phi) is 4.66. The minimum Gasteiger partial charge on any atom is -0.389 e. The number of hydrogen-bond acceptors (Lipinski definition) is 2. The van der Waals surface area contributed by atoms with E-state index in [1.807, 2.05) is 0 Å². The molecule has 0 saturated carbocycles. The molecule has 4 heteroatoms. The molecule has 1 unspecified atom stereocenters. The molecular formula is C4H8Cl2O2. The zero-order chi connectivity index (χ0) is 6.57. The van der Waals surface area contributed by atoms with Gasteiger partial charge in [-0.1, -0.05) is 0 Å². The van der Waals surface area contributed by atoms with E-state index in [0.717, 1.165) is 0 Å². The van der Waals surface area contributed by atoms with E-state index in [-0.39, 0.29) is 11.8 Å². The highest BCUT2D eigenvalue weighted by molar-refractivity contribution is 6.19. The molecule has 2 nitrogen and oxygen atoms in total. The van der Waals surface area contributed by atoms with Crippen molar-refractivity contribution in [3.8, 4) is 0 Å². The van der Waals surface area contributed by atoms with E-state index in [2.05, 4.69) is 0 Å². The maximum absolute atomic E-state index is 8.66. The van der Waals surface area contributed by atoms with Crippen molar-refractivity contribution in [1.29, 1.82) is 0 Å². The van der Waals surface area contributed by atoms with E-state index in [4.69, 9.17) is 33.4 Å². The molecule has 0 radical (unpaired) electrons. The van der Waals surface area contributed by atoms with E-state index >= 15 is 0 Å². The number of halogens is 2. The Labute approximate surface area is 58.0 Å². The number of aliphatic hydroxyl groups is 2. The molecule has 0 amide bonds. The predicted octanol–water partition coefficient (Wildman–Crippen LogP) is 0.186. The smallest absolute Gasteiger partial charge is 0.0945 e. The van der Waals surface area contributed by atoms with Gasteiger partial charge in [0.1, 0.15) is 0 Å². The van der Waals surface area contributed by atoms with Crippen LogP contribution >= 0.6 is 23.2 Å². The molecule has 2 N–H and O–H groups in total. The van der Waals surface area contributed by atoms with Crippen molar-refractivity contribution in [2.45, 2.75) is 12.2 Å². The highest BCUT2D eigenvalue weighted by Crippen LogP contribution is 1.97. The Balaban J connectivity index is 3.29. The number of rotatable bonds is 3. The predicted molar refractivity (Wildman–Crippen MR) is 33.5 cm³/mol. The fourth-order valence-corrected chi connectivity index (χ4v) is 0.617. The molecule has 2 atom stereocenters. The van der Waals surface area contributed by atoms with Gasteiger partial charge in [0.15, 0.2) is 0 Å². The molecule has 0 spiro atoms. The van der Waals surface area contributed by atoms with Gasteiger partial charge >= 0.3 is 0 Å². The topological polar surface area (TPSA) is 40.5 Å². The third-order valence-corrected chi connectivity index (χ3v) is 1.39. The Hall–Kier alpha value is 0.500. The number of alkyl halides is 2. The molecule has 0 aromatic rings. The maximum Gasteiger partial charge on any atom is 0.0945 e. The second-order valence-corrected chi connectivity index (χ2v) is 2.06.